The molecule has 0 aliphatic rings. The average Bonchev–Trinajstić information content (AvgIpc) is 1.68. The van der Waals surface area contributed by atoms with Gasteiger partial charge in [0.05, 0.1) is 0 Å². The zero-order valence-electron chi connectivity index (χ0n) is 4.00. The Morgan fingerprint density at radius 1 is 1.71 bits per heavy atom. The molecule has 1 unspecified atom stereocenters. The Kier molecular flexibility index (Phi) is 4.20. The van der Waals surface area contributed by atoms with Gasteiger partial charge in [-0.3, -0.25) is 4.57 Å². The lowest BCUT2D eigenvalue weighted by Crippen LogP contribution is -2.30. The summed E-state index contributed by atoms with van der Waals surface area (Å²) >= 11 is 0. The van der Waals surface area contributed by atoms with Crippen LogP contribution < -0.4 is 11.5 Å². The quantitative estimate of drug-likeness (QED) is 0.496. The van der Waals surface area contributed by atoms with E-state index in [0.717, 1.165) is 0 Å². The maximum absolute atomic E-state index is 9.74. The van der Waals surface area contributed by atoms with Crippen LogP contribution >= 0.6 is 8.46 Å². The van der Waals surface area contributed by atoms with Crippen molar-refractivity contribution in [2.24, 2.45) is 11.5 Å². The summed E-state index contributed by atoms with van der Waals surface area (Å²) in [4.78, 5) is 0. The van der Waals surface area contributed by atoms with E-state index in [1.165, 1.54) is 0 Å². The Bertz CT molecular complexity index is 58.9. The van der Waals surface area contributed by atoms with Gasteiger partial charge in [0, 0.05) is 18.7 Å². The molecule has 0 aromatic rings. The molecule has 0 radical (unpaired) electrons. The molecular weight excluding hydrogens is 111 g/mol. The largest absolute Gasteiger partial charge is 0.329 e. The van der Waals surface area contributed by atoms with E-state index in [0.29, 0.717) is 12.7 Å². The normalized spacial score (nSPS) is 14.6. The zero-order chi connectivity index (χ0) is 5.70. The van der Waals surface area contributed by atoms with Crippen LogP contribution in [0.5, 0.6) is 0 Å². The molecule has 0 aromatic carbocycles. The van der Waals surface area contributed by atoms with E-state index >= 15 is 0 Å². The molecule has 3 nitrogen and oxygen atoms in total. The molecule has 0 heterocycles. The van der Waals surface area contributed by atoms with Gasteiger partial charge in [0.2, 0.25) is 0 Å². The van der Waals surface area contributed by atoms with Crippen molar-refractivity contribution in [1.82, 2.24) is 0 Å². The van der Waals surface area contributed by atoms with Gasteiger partial charge in [0.1, 0.15) is 0 Å². The Morgan fingerprint density at radius 3 is 2.43 bits per heavy atom. The first kappa shape index (κ1) is 7.02. The third-order valence-corrected chi connectivity index (χ3v) is 1.23. The van der Waals surface area contributed by atoms with Crippen molar-refractivity contribution in [3.8, 4) is 0 Å². The van der Waals surface area contributed by atoms with E-state index in [2.05, 4.69) is 0 Å². The van der Waals surface area contributed by atoms with Gasteiger partial charge < -0.3 is 11.5 Å². The minimum atomic E-state index is -0.0980. The number of nitrogens with two attached hydrogens (primary N) is 2. The Balaban J connectivity index is 2.98. The third kappa shape index (κ3) is 3.86. The monoisotopic (exact) mass is 120 g/mol. The highest BCUT2D eigenvalue weighted by Gasteiger charge is 1.94. The molecule has 42 valence electrons. The van der Waals surface area contributed by atoms with Crippen molar-refractivity contribution < 1.29 is 4.57 Å². The highest BCUT2D eigenvalue weighted by Crippen LogP contribution is 1.90. The molecule has 7 heavy (non-hydrogen) atoms. The second kappa shape index (κ2) is 4.19. The van der Waals surface area contributed by atoms with Gasteiger partial charge in [-0.15, -0.1) is 0 Å². The van der Waals surface area contributed by atoms with Crippen molar-refractivity contribution in [3.05, 3.63) is 0 Å². The molecule has 0 saturated heterocycles. The summed E-state index contributed by atoms with van der Waals surface area (Å²) in [5, 5.41) is 0. The zero-order valence-corrected chi connectivity index (χ0v) is 4.90. The summed E-state index contributed by atoms with van der Waals surface area (Å²) < 4.78 is 9.74. The maximum atomic E-state index is 9.74. The van der Waals surface area contributed by atoms with Crippen LogP contribution in [0, 0.1) is 0 Å². The molecule has 0 aliphatic carbocycles. The summed E-state index contributed by atoms with van der Waals surface area (Å²) in [7, 11) is 0.0846. The highest BCUT2D eigenvalue weighted by molar-refractivity contribution is 7.23. The van der Waals surface area contributed by atoms with Crippen LogP contribution in [0.3, 0.4) is 0 Å². The lowest BCUT2D eigenvalue weighted by molar-refractivity contribution is 0.594. The minimum absolute atomic E-state index is 0.0846. The molecule has 1 atom stereocenters. The van der Waals surface area contributed by atoms with Crippen molar-refractivity contribution in [2.45, 2.75) is 6.04 Å². The van der Waals surface area contributed by atoms with Gasteiger partial charge in [0.15, 0.2) is 8.46 Å². The molecule has 0 spiro atoms. The van der Waals surface area contributed by atoms with Gasteiger partial charge in [-0.1, -0.05) is 0 Å². The topological polar surface area (TPSA) is 69.1 Å². The van der Waals surface area contributed by atoms with E-state index in [-0.39, 0.29) is 14.5 Å². The maximum Gasteiger partial charge on any atom is 0.156 e. The van der Waals surface area contributed by atoms with E-state index < -0.39 is 0 Å². The van der Waals surface area contributed by atoms with Crippen LogP contribution in [0.4, 0.5) is 0 Å². The lowest BCUT2D eigenvalue weighted by atomic mass is 10.4. The molecule has 0 aromatic heterocycles. The third-order valence-electron chi connectivity index (χ3n) is 0.612. The van der Waals surface area contributed by atoms with Gasteiger partial charge in [0.25, 0.3) is 0 Å². The SMILES string of the molecule is NCC(N)CP=O. The van der Waals surface area contributed by atoms with Gasteiger partial charge in [-0.2, -0.15) is 0 Å². The second-order valence-corrected chi connectivity index (χ2v) is 1.93. The fraction of sp³-hybridized carbons (Fsp3) is 1.00. The second-order valence-electron chi connectivity index (χ2n) is 1.31. The Morgan fingerprint density at radius 2 is 2.29 bits per heavy atom. The van der Waals surface area contributed by atoms with E-state index in [4.69, 9.17) is 11.5 Å². The van der Waals surface area contributed by atoms with Gasteiger partial charge >= 0.3 is 0 Å². The predicted molar refractivity (Wildman–Crippen MR) is 29.5 cm³/mol. The van der Waals surface area contributed by atoms with Crippen molar-refractivity contribution >= 4 is 8.46 Å². The number of rotatable bonds is 3. The molecule has 0 fully saturated rings. The summed E-state index contributed by atoms with van der Waals surface area (Å²) in [5.41, 5.74) is 10.3. The molecule has 0 bridgehead atoms. The van der Waals surface area contributed by atoms with Crippen molar-refractivity contribution in [2.75, 3.05) is 12.7 Å². The molecule has 0 saturated carbocycles. The molecule has 4 N–H and O–H groups in total. The molecule has 0 amide bonds. The predicted octanol–water partition coefficient (Wildman–Crippen LogP) is -0.436. The van der Waals surface area contributed by atoms with Crippen LogP contribution in [-0.2, 0) is 4.57 Å². The first-order valence-electron chi connectivity index (χ1n) is 2.06. The van der Waals surface area contributed by atoms with Crippen molar-refractivity contribution in [3.63, 3.8) is 0 Å². The van der Waals surface area contributed by atoms with Crippen LogP contribution in [-0.4, -0.2) is 18.7 Å². The number of hydrogen-bond acceptors (Lipinski definition) is 3. The molecule has 4 heteroatoms. The Hall–Kier alpha value is 0.0200. The molecule has 0 rings (SSSR count). The smallest absolute Gasteiger partial charge is 0.156 e. The summed E-state index contributed by atoms with van der Waals surface area (Å²) in [6.45, 7) is 0.412. The first-order valence-corrected chi connectivity index (χ1v) is 3.05. The van der Waals surface area contributed by atoms with E-state index in [9.17, 15) is 4.57 Å². The van der Waals surface area contributed by atoms with E-state index in [1.807, 2.05) is 0 Å². The van der Waals surface area contributed by atoms with Gasteiger partial charge in [-0.25, -0.2) is 0 Å². The average molecular weight is 120 g/mol. The highest BCUT2D eigenvalue weighted by atomic mass is 31.1. The van der Waals surface area contributed by atoms with E-state index in [1.54, 1.807) is 0 Å². The lowest BCUT2D eigenvalue weighted by Gasteiger charge is -1.98. The Labute approximate surface area is 44.3 Å². The fourth-order valence-electron chi connectivity index (χ4n) is 0.170. The van der Waals surface area contributed by atoms with Crippen LogP contribution in [0.2, 0.25) is 0 Å². The van der Waals surface area contributed by atoms with Crippen LogP contribution in [0.1, 0.15) is 0 Å². The number of hydrogen-bond donors (Lipinski definition) is 2. The van der Waals surface area contributed by atoms with Gasteiger partial charge in [-0.05, 0) is 0 Å². The summed E-state index contributed by atoms with van der Waals surface area (Å²) in [6, 6.07) is -0.0980. The summed E-state index contributed by atoms with van der Waals surface area (Å²) in [6.07, 6.45) is 0.469. The van der Waals surface area contributed by atoms with Crippen LogP contribution in [0.15, 0.2) is 0 Å². The summed E-state index contributed by atoms with van der Waals surface area (Å²) in [5.74, 6) is 0. The standard InChI is InChI=1S/C3H9N2OP/c4-1-3(5)2-7-6/h3H,1-2,4-5H2. The minimum Gasteiger partial charge on any atom is -0.329 e. The molecule has 0 aliphatic heterocycles. The molecular formula is C3H9N2OP. The first-order chi connectivity index (χ1) is 3.31. The van der Waals surface area contributed by atoms with Crippen LogP contribution in [0.25, 0.3) is 0 Å². The fourth-order valence-corrected chi connectivity index (χ4v) is 0.511. The van der Waals surface area contributed by atoms with Crippen molar-refractivity contribution in [1.29, 1.82) is 0 Å².